The first-order valence-corrected chi connectivity index (χ1v) is 8.13. The predicted octanol–water partition coefficient (Wildman–Crippen LogP) is 1.79. The summed E-state index contributed by atoms with van der Waals surface area (Å²) in [5.74, 6) is 0.277. The van der Waals surface area contributed by atoms with Crippen molar-refractivity contribution < 1.29 is 13.5 Å². The van der Waals surface area contributed by atoms with Crippen molar-refractivity contribution in [2.45, 2.75) is 30.3 Å². The van der Waals surface area contributed by atoms with E-state index < -0.39 is 15.6 Å². The zero-order chi connectivity index (χ0) is 13.8. The summed E-state index contributed by atoms with van der Waals surface area (Å²) in [4.78, 5) is 0.234. The van der Waals surface area contributed by atoms with Crippen molar-refractivity contribution in [3.8, 4) is 0 Å². The molecule has 104 valence electrons. The lowest BCUT2D eigenvalue weighted by Crippen LogP contribution is -2.64. The highest BCUT2D eigenvalue weighted by Crippen LogP contribution is 2.46. The molecule has 0 atom stereocenters. The Bertz CT molecular complexity index is 619. The van der Waals surface area contributed by atoms with Crippen LogP contribution in [0.25, 0.3) is 0 Å². The normalized spacial score (nSPS) is 23.1. The van der Waals surface area contributed by atoms with Crippen LogP contribution in [0.5, 0.6) is 0 Å². The van der Waals surface area contributed by atoms with Crippen molar-refractivity contribution >= 4 is 21.6 Å². The number of benzene rings is 1. The fraction of sp³-hybridized carbons (Fsp3) is 0.538. The van der Waals surface area contributed by atoms with Crippen molar-refractivity contribution in [2.75, 3.05) is 13.1 Å². The lowest BCUT2D eigenvalue weighted by atomic mass is 9.91. The van der Waals surface area contributed by atoms with Crippen LogP contribution in [0, 0.1) is 12.8 Å². The van der Waals surface area contributed by atoms with Crippen LogP contribution in [-0.4, -0.2) is 36.5 Å². The molecule has 1 N–H and O–H groups in total. The number of hydrogen-bond donors (Lipinski definition) is 1. The maximum Gasteiger partial charge on any atom is 0.243 e. The lowest BCUT2D eigenvalue weighted by molar-refractivity contribution is -0.0764. The summed E-state index contributed by atoms with van der Waals surface area (Å²) in [6, 6.07) is 4.84. The SMILES string of the molecule is Cc1ccc(Cl)cc1S(=O)(=O)N1CC(O)(C2CC2)C1. The summed E-state index contributed by atoms with van der Waals surface area (Å²) in [6.45, 7) is 2.15. The minimum atomic E-state index is -3.54. The van der Waals surface area contributed by atoms with Crippen molar-refractivity contribution in [2.24, 2.45) is 5.92 Å². The van der Waals surface area contributed by atoms with E-state index in [1.54, 1.807) is 19.1 Å². The molecule has 0 amide bonds. The highest BCUT2D eigenvalue weighted by atomic mass is 35.5. The molecule has 1 aromatic carbocycles. The molecule has 19 heavy (non-hydrogen) atoms. The van der Waals surface area contributed by atoms with Crippen LogP contribution in [0.4, 0.5) is 0 Å². The second-order valence-corrected chi connectivity index (χ2v) is 7.90. The molecular formula is C13H16ClNO3S. The van der Waals surface area contributed by atoms with E-state index in [-0.39, 0.29) is 23.9 Å². The van der Waals surface area contributed by atoms with E-state index in [0.717, 1.165) is 12.8 Å². The number of aryl methyl sites for hydroxylation is 1. The number of hydrogen-bond acceptors (Lipinski definition) is 3. The largest absolute Gasteiger partial charge is 0.387 e. The lowest BCUT2D eigenvalue weighted by Gasteiger charge is -2.45. The number of rotatable bonds is 3. The van der Waals surface area contributed by atoms with E-state index in [0.29, 0.717) is 10.6 Å². The third kappa shape index (κ3) is 2.18. The Morgan fingerprint density at radius 3 is 2.58 bits per heavy atom. The molecule has 0 unspecified atom stereocenters. The van der Waals surface area contributed by atoms with Gasteiger partial charge in [0.1, 0.15) is 0 Å². The van der Waals surface area contributed by atoms with Gasteiger partial charge in [-0.25, -0.2) is 8.42 Å². The van der Waals surface area contributed by atoms with Gasteiger partial charge in [0.2, 0.25) is 10.0 Å². The molecule has 2 aliphatic rings. The van der Waals surface area contributed by atoms with Gasteiger partial charge in [0.05, 0.1) is 10.5 Å². The van der Waals surface area contributed by atoms with Gasteiger partial charge < -0.3 is 5.11 Å². The molecule has 4 nitrogen and oxygen atoms in total. The molecule has 2 fully saturated rings. The van der Waals surface area contributed by atoms with Gasteiger partial charge in [0, 0.05) is 18.1 Å². The van der Waals surface area contributed by atoms with E-state index in [4.69, 9.17) is 11.6 Å². The molecule has 1 saturated heterocycles. The summed E-state index contributed by atoms with van der Waals surface area (Å²) in [7, 11) is -3.54. The van der Waals surface area contributed by atoms with Crippen molar-refractivity contribution in [3.63, 3.8) is 0 Å². The van der Waals surface area contributed by atoms with Crippen molar-refractivity contribution in [1.29, 1.82) is 0 Å². The molecular weight excluding hydrogens is 286 g/mol. The summed E-state index contributed by atoms with van der Waals surface area (Å²) in [5, 5.41) is 10.6. The minimum absolute atomic E-state index is 0.200. The van der Waals surface area contributed by atoms with Gasteiger partial charge in [-0.05, 0) is 43.4 Å². The summed E-state index contributed by atoms with van der Waals surface area (Å²) in [5.41, 5.74) is -0.134. The van der Waals surface area contributed by atoms with Crippen molar-refractivity contribution in [3.05, 3.63) is 28.8 Å². The zero-order valence-corrected chi connectivity index (χ0v) is 12.2. The molecule has 0 bridgehead atoms. The van der Waals surface area contributed by atoms with E-state index in [2.05, 4.69) is 0 Å². The number of aliphatic hydroxyl groups is 1. The van der Waals surface area contributed by atoms with Gasteiger partial charge in [0.25, 0.3) is 0 Å². The van der Waals surface area contributed by atoms with Crippen LogP contribution in [0.1, 0.15) is 18.4 Å². The summed E-state index contributed by atoms with van der Waals surface area (Å²) in [6.07, 6.45) is 2.00. The Labute approximate surface area is 118 Å². The van der Waals surface area contributed by atoms with Crippen LogP contribution in [-0.2, 0) is 10.0 Å². The zero-order valence-electron chi connectivity index (χ0n) is 10.6. The number of nitrogens with zero attached hydrogens (tertiary/aromatic N) is 1. The first-order chi connectivity index (χ1) is 8.83. The fourth-order valence-corrected chi connectivity index (χ4v) is 4.66. The minimum Gasteiger partial charge on any atom is -0.387 e. The molecule has 0 aromatic heterocycles. The molecule has 0 spiro atoms. The number of sulfonamides is 1. The highest BCUT2D eigenvalue weighted by Gasteiger charge is 2.55. The second kappa shape index (κ2) is 4.19. The van der Waals surface area contributed by atoms with Crippen LogP contribution in [0.15, 0.2) is 23.1 Å². The predicted molar refractivity (Wildman–Crippen MR) is 72.6 cm³/mol. The average molecular weight is 302 g/mol. The Kier molecular flexibility index (Phi) is 2.94. The molecule has 1 heterocycles. The van der Waals surface area contributed by atoms with E-state index in [1.165, 1.54) is 10.4 Å². The fourth-order valence-electron chi connectivity index (χ4n) is 2.60. The first-order valence-electron chi connectivity index (χ1n) is 6.32. The van der Waals surface area contributed by atoms with E-state index in [1.807, 2.05) is 0 Å². The smallest absolute Gasteiger partial charge is 0.243 e. The van der Waals surface area contributed by atoms with Crippen LogP contribution < -0.4 is 0 Å². The quantitative estimate of drug-likeness (QED) is 0.926. The van der Waals surface area contributed by atoms with Gasteiger partial charge >= 0.3 is 0 Å². The molecule has 1 aliphatic heterocycles. The Morgan fingerprint density at radius 2 is 2.00 bits per heavy atom. The van der Waals surface area contributed by atoms with E-state index >= 15 is 0 Å². The van der Waals surface area contributed by atoms with Crippen LogP contribution in [0.3, 0.4) is 0 Å². The summed E-state index contributed by atoms with van der Waals surface area (Å²) < 4.78 is 26.3. The monoisotopic (exact) mass is 301 g/mol. The maximum absolute atomic E-state index is 12.5. The van der Waals surface area contributed by atoms with E-state index in [9.17, 15) is 13.5 Å². The van der Waals surface area contributed by atoms with Crippen LogP contribution in [0.2, 0.25) is 5.02 Å². The molecule has 1 saturated carbocycles. The third-order valence-corrected chi connectivity index (χ3v) is 6.17. The Morgan fingerprint density at radius 1 is 1.37 bits per heavy atom. The average Bonchev–Trinajstić information content (AvgIpc) is 3.12. The standard InChI is InChI=1S/C13H16ClNO3S/c1-9-2-5-11(14)6-12(9)19(17,18)15-7-13(16,8-15)10-3-4-10/h2,5-6,10,16H,3-4,7-8H2,1H3. The van der Waals surface area contributed by atoms with Gasteiger partial charge in [-0.3, -0.25) is 0 Å². The van der Waals surface area contributed by atoms with Crippen molar-refractivity contribution in [1.82, 2.24) is 4.31 Å². The third-order valence-electron chi connectivity index (χ3n) is 4.01. The van der Waals surface area contributed by atoms with Gasteiger partial charge in [-0.2, -0.15) is 4.31 Å². The number of β-amino-alcohol motifs (C(OH)–C–C–N with tert-alkyl or cyclic N) is 1. The van der Waals surface area contributed by atoms with Gasteiger partial charge in [0.15, 0.2) is 0 Å². The molecule has 0 radical (unpaired) electrons. The maximum atomic E-state index is 12.5. The number of halogens is 1. The molecule has 1 aliphatic carbocycles. The van der Waals surface area contributed by atoms with Gasteiger partial charge in [-0.15, -0.1) is 0 Å². The topological polar surface area (TPSA) is 57.6 Å². The Hall–Kier alpha value is -0.620. The second-order valence-electron chi connectivity index (χ2n) is 5.56. The summed E-state index contributed by atoms with van der Waals surface area (Å²) >= 11 is 5.87. The molecule has 3 rings (SSSR count). The van der Waals surface area contributed by atoms with Gasteiger partial charge in [-0.1, -0.05) is 17.7 Å². The molecule has 1 aromatic rings. The first kappa shape index (κ1) is 13.4. The molecule has 6 heteroatoms. The Balaban J connectivity index is 1.86. The highest BCUT2D eigenvalue weighted by molar-refractivity contribution is 7.89. The van der Waals surface area contributed by atoms with Crippen LogP contribution >= 0.6 is 11.6 Å².